The van der Waals surface area contributed by atoms with E-state index < -0.39 is 11.9 Å². The Balaban J connectivity index is 2.92. The summed E-state index contributed by atoms with van der Waals surface area (Å²) in [5, 5.41) is 0.522. The Labute approximate surface area is 94.9 Å². The Bertz CT molecular complexity index is 607. The van der Waals surface area contributed by atoms with Gasteiger partial charge in [-0.2, -0.15) is 0 Å². The van der Waals surface area contributed by atoms with Gasteiger partial charge in [0.2, 0.25) is 0 Å². The number of aromatic nitrogens is 1. The van der Waals surface area contributed by atoms with Crippen LogP contribution in [0.5, 0.6) is 0 Å². The predicted octanol–water partition coefficient (Wildman–Crippen LogP) is 3.43. The van der Waals surface area contributed by atoms with Crippen LogP contribution in [0.1, 0.15) is 17.7 Å². The molecule has 1 heterocycles. The lowest BCUT2D eigenvalue weighted by Gasteiger charge is -2.06. The number of benzene rings is 1. The molecule has 0 radical (unpaired) electrons. The van der Waals surface area contributed by atoms with Crippen LogP contribution >= 0.6 is 11.6 Å². The summed E-state index contributed by atoms with van der Waals surface area (Å²) in [7, 11) is 0. The quantitative estimate of drug-likeness (QED) is 0.818. The monoisotopic (exact) mass is 243 g/mol. The maximum Gasteiger partial charge on any atom is 0.278 e. The molecule has 0 aliphatic carbocycles. The molecule has 0 bridgehead atoms. The van der Waals surface area contributed by atoms with Crippen molar-refractivity contribution in [1.82, 2.24) is 4.98 Å². The van der Waals surface area contributed by atoms with Crippen LogP contribution in [0.3, 0.4) is 0 Å². The van der Waals surface area contributed by atoms with E-state index in [1.54, 1.807) is 19.1 Å². The van der Waals surface area contributed by atoms with E-state index in [1.165, 1.54) is 0 Å². The van der Waals surface area contributed by atoms with Gasteiger partial charge in [0.1, 0.15) is 0 Å². The van der Waals surface area contributed by atoms with E-state index in [2.05, 4.69) is 4.98 Å². The molecule has 1 aromatic heterocycles. The second-order valence-electron chi connectivity index (χ2n) is 3.50. The van der Waals surface area contributed by atoms with Crippen molar-refractivity contribution in [1.29, 1.82) is 0 Å². The summed E-state index contributed by atoms with van der Waals surface area (Å²) in [4.78, 5) is 14.2. The number of H-pyrrole nitrogens is 1. The van der Waals surface area contributed by atoms with Crippen LogP contribution in [-0.2, 0) is 0 Å². The van der Waals surface area contributed by atoms with Crippen molar-refractivity contribution in [3.8, 4) is 0 Å². The van der Waals surface area contributed by atoms with Gasteiger partial charge in [-0.3, -0.25) is 4.79 Å². The largest absolute Gasteiger partial charge is 0.353 e. The van der Waals surface area contributed by atoms with Crippen molar-refractivity contribution in [2.75, 3.05) is 0 Å². The predicted molar refractivity (Wildman–Crippen MR) is 59.3 cm³/mol. The summed E-state index contributed by atoms with van der Waals surface area (Å²) in [6, 6.07) is 4.14. The van der Waals surface area contributed by atoms with E-state index in [9.17, 15) is 13.6 Å². The van der Waals surface area contributed by atoms with Gasteiger partial charge in [0.05, 0.1) is 21.6 Å². The summed E-state index contributed by atoms with van der Waals surface area (Å²) in [5.41, 5.74) is 0.204. The van der Waals surface area contributed by atoms with Crippen molar-refractivity contribution >= 4 is 22.5 Å². The van der Waals surface area contributed by atoms with Gasteiger partial charge in [-0.15, -0.1) is 0 Å². The molecule has 0 aliphatic rings. The number of nitrogens with one attached hydrogen (secondary N) is 1. The lowest BCUT2D eigenvalue weighted by molar-refractivity contribution is 0.146. The van der Waals surface area contributed by atoms with E-state index in [0.29, 0.717) is 11.1 Å². The minimum atomic E-state index is -2.70. The minimum absolute atomic E-state index is 0.256. The highest BCUT2D eigenvalue weighted by Gasteiger charge is 2.13. The van der Waals surface area contributed by atoms with Crippen molar-refractivity contribution in [3.05, 3.63) is 44.7 Å². The Morgan fingerprint density at radius 1 is 1.38 bits per heavy atom. The maximum atomic E-state index is 12.5. The lowest BCUT2D eigenvalue weighted by Crippen LogP contribution is -2.07. The second kappa shape index (κ2) is 3.87. The normalized spacial score (nSPS) is 11.3. The van der Waals surface area contributed by atoms with Crippen molar-refractivity contribution in [2.24, 2.45) is 0 Å². The summed E-state index contributed by atoms with van der Waals surface area (Å²) >= 11 is 5.86. The van der Waals surface area contributed by atoms with Crippen molar-refractivity contribution < 1.29 is 8.78 Å². The Hall–Kier alpha value is -1.42. The number of halogens is 3. The molecule has 84 valence electrons. The third-order valence-electron chi connectivity index (χ3n) is 2.40. The van der Waals surface area contributed by atoms with Crippen LogP contribution in [0.15, 0.2) is 23.0 Å². The Morgan fingerprint density at radius 2 is 2.06 bits per heavy atom. The van der Waals surface area contributed by atoms with Gasteiger partial charge in [-0.05, 0) is 18.6 Å². The number of pyridine rings is 1. The molecule has 0 saturated heterocycles. The molecule has 0 atom stereocenters. The number of rotatable bonds is 1. The average molecular weight is 244 g/mol. The first-order valence-electron chi connectivity index (χ1n) is 4.61. The molecular weight excluding hydrogens is 236 g/mol. The number of hydrogen-bond acceptors (Lipinski definition) is 1. The van der Waals surface area contributed by atoms with Crippen LogP contribution in [0.25, 0.3) is 10.9 Å². The second-order valence-corrected chi connectivity index (χ2v) is 3.91. The third kappa shape index (κ3) is 1.69. The zero-order valence-electron chi connectivity index (χ0n) is 8.35. The van der Waals surface area contributed by atoms with Gasteiger partial charge in [0.25, 0.3) is 6.43 Å². The topological polar surface area (TPSA) is 32.9 Å². The number of fused-ring (bicyclic) bond motifs is 1. The van der Waals surface area contributed by atoms with Gasteiger partial charge in [-0.1, -0.05) is 17.7 Å². The maximum absolute atomic E-state index is 12.5. The zero-order valence-corrected chi connectivity index (χ0v) is 9.11. The van der Waals surface area contributed by atoms with Crippen LogP contribution in [0.4, 0.5) is 8.78 Å². The van der Waals surface area contributed by atoms with Crippen LogP contribution in [-0.4, -0.2) is 4.98 Å². The molecule has 16 heavy (non-hydrogen) atoms. The van der Waals surface area contributed by atoms with Gasteiger partial charge in [0.15, 0.2) is 5.43 Å². The molecule has 0 spiro atoms. The molecule has 2 rings (SSSR count). The first-order valence-corrected chi connectivity index (χ1v) is 4.98. The van der Waals surface area contributed by atoms with Crippen molar-refractivity contribution in [2.45, 2.75) is 13.3 Å². The van der Waals surface area contributed by atoms with E-state index >= 15 is 0 Å². The first-order chi connectivity index (χ1) is 7.50. The van der Waals surface area contributed by atoms with E-state index in [1.807, 2.05) is 0 Å². The number of hydrogen-bond donors (Lipinski definition) is 1. The molecule has 0 fully saturated rings. The minimum Gasteiger partial charge on any atom is -0.353 e. The zero-order chi connectivity index (χ0) is 11.9. The molecule has 0 amide bonds. The van der Waals surface area contributed by atoms with Gasteiger partial charge < -0.3 is 4.98 Å². The number of aromatic amines is 1. The number of alkyl halides is 2. The summed E-state index contributed by atoms with van der Waals surface area (Å²) in [5.74, 6) is 0. The molecule has 0 saturated carbocycles. The van der Waals surface area contributed by atoms with Crippen molar-refractivity contribution in [3.63, 3.8) is 0 Å². The van der Waals surface area contributed by atoms with Gasteiger partial charge >= 0.3 is 0 Å². The first kappa shape index (κ1) is 11.1. The van der Waals surface area contributed by atoms with E-state index in [0.717, 1.165) is 6.07 Å². The van der Waals surface area contributed by atoms with E-state index in [-0.39, 0.29) is 16.1 Å². The highest BCUT2D eigenvalue weighted by atomic mass is 35.5. The fraction of sp³-hybridized carbons (Fsp3) is 0.182. The highest BCUT2D eigenvalue weighted by Crippen LogP contribution is 2.24. The van der Waals surface area contributed by atoms with E-state index in [4.69, 9.17) is 11.6 Å². The molecule has 5 heteroatoms. The molecular formula is C11H8ClF2NO. The smallest absolute Gasteiger partial charge is 0.278 e. The van der Waals surface area contributed by atoms with Crippen LogP contribution in [0, 0.1) is 6.92 Å². The average Bonchev–Trinajstić information content (AvgIpc) is 2.22. The highest BCUT2D eigenvalue weighted by molar-refractivity contribution is 6.35. The number of aryl methyl sites for hydroxylation is 1. The Kier molecular flexibility index (Phi) is 2.68. The van der Waals surface area contributed by atoms with Crippen LogP contribution in [0.2, 0.25) is 5.02 Å². The standard InChI is InChI=1S/C11H8ClF2NO/c1-5-2-3-6(12)9-8(16)4-7(11(13)14)15-10(5)9/h2-4,11H,1H3,(H,15,16). The lowest BCUT2D eigenvalue weighted by atomic mass is 10.1. The molecule has 2 nitrogen and oxygen atoms in total. The SMILES string of the molecule is Cc1ccc(Cl)c2c(=O)cc(C(F)F)[nH]c12. The molecule has 0 unspecified atom stereocenters. The molecule has 1 aromatic carbocycles. The molecule has 0 aliphatic heterocycles. The third-order valence-corrected chi connectivity index (χ3v) is 2.72. The van der Waals surface area contributed by atoms with Gasteiger partial charge in [-0.25, -0.2) is 8.78 Å². The van der Waals surface area contributed by atoms with Gasteiger partial charge in [0, 0.05) is 6.07 Å². The summed E-state index contributed by atoms with van der Waals surface area (Å²) < 4.78 is 25.0. The molecule has 2 aromatic rings. The summed E-state index contributed by atoms with van der Waals surface area (Å²) in [6.45, 7) is 1.73. The molecule has 1 N–H and O–H groups in total. The fourth-order valence-electron chi connectivity index (χ4n) is 1.59. The van der Waals surface area contributed by atoms with Crippen LogP contribution < -0.4 is 5.43 Å². The fourth-order valence-corrected chi connectivity index (χ4v) is 1.85. The summed E-state index contributed by atoms with van der Waals surface area (Å²) in [6.07, 6.45) is -2.70. The Morgan fingerprint density at radius 3 is 2.69 bits per heavy atom.